The number of nitrogens with zero attached hydrogens (tertiary/aromatic N) is 4. The van der Waals surface area contributed by atoms with E-state index < -0.39 is 0 Å². The maximum absolute atomic E-state index is 9.94. The first kappa shape index (κ1) is 20.2. The molecule has 0 atom stereocenters. The largest absolute Gasteiger partial charge is 0.504 e. The molecule has 3 rings (SSSR count). The smallest absolute Gasteiger partial charge is 0.212 e. The maximum atomic E-state index is 9.94. The molecular weight excluding hydrogens is 396 g/mol. The Morgan fingerprint density at radius 3 is 2.68 bits per heavy atom. The van der Waals surface area contributed by atoms with Crippen LogP contribution in [-0.2, 0) is 12.2 Å². The van der Waals surface area contributed by atoms with Gasteiger partial charge in [-0.1, -0.05) is 42.4 Å². The van der Waals surface area contributed by atoms with Gasteiger partial charge in [0.25, 0.3) is 0 Å². The number of aromatic nitrogens is 3. The number of hydrogen-bond acceptors (Lipinski definition) is 6. The second kappa shape index (κ2) is 9.61. The molecule has 1 heterocycles. The lowest BCUT2D eigenvalue weighted by molar-refractivity contribution is 0.373. The van der Waals surface area contributed by atoms with E-state index in [0.717, 1.165) is 40.6 Å². The normalized spacial score (nSPS) is 11.2. The topological polar surface area (TPSA) is 72.5 Å². The van der Waals surface area contributed by atoms with Crippen molar-refractivity contribution in [2.75, 3.05) is 7.11 Å². The molecule has 28 heavy (non-hydrogen) atoms. The van der Waals surface area contributed by atoms with E-state index in [1.165, 1.54) is 7.11 Å². The first-order valence-electron chi connectivity index (χ1n) is 8.83. The number of aryl methyl sites for hydroxylation is 1. The third kappa shape index (κ3) is 5.05. The van der Waals surface area contributed by atoms with E-state index in [4.69, 9.17) is 16.3 Å². The first-order chi connectivity index (χ1) is 13.6. The maximum Gasteiger partial charge on any atom is 0.212 e. The molecule has 0 aliphatic rings. The molecule has 0 aliphatic carbocycles. The van der Waals surface area contributed by atoms with Gasteiger partial charge in [0, 0.05) is 17.2 Å². The van der Waals surface area contributed by atoms with Crippen molar-refractivity contribution >= 4 is 29.6 Å². The molecule has 0 saturated carbocycles. The molecule has 0 aliphatic heterocycles. The quantitative estimate of drug-likeness (QED) is 0.423. The molecule has 0 fully saturated rings. The second-order valence-electron chi connectivity index (χ2n) is 6.05. The highest BCUT2D eigenvalue weighted by Crippen LogP contribution is 2.26. The van der Waals surface area contributed by atoms with E-state index in [9.17, 15) is 5.11 Å². The fourth-order valence-corrected chi connectivity index (χ4v) is 3.51. The number of phenols is 1. The van der Waals surface area contributed by atoms with E-state index >= 15 is 0 Å². The van der Waals surface area contributed by atoms with Crippen LogP contribution >= 0.6 is 23.4 Å². The van der Waals surface area contributed by atoms with Gasteiger partial charge < -0.3 is 9.84 Å². The van der Waals surface area contributed by atoms with Crippen molar-refractivity contribution in [3.05, 3.63) is 64.4 Å². The average molecular weight is 417 g/mol. The highest BCUT2D eigenvalue weighted by atomic mass is 35.5. The molecule has 2 aromatic carbocycles. The van der Waals surface area contributed by atoms with Crippen molar-refractivity contribution in [2.45, 2.75) is 30.7 Å². The van der Waals surface area contributed by atoms with Crippen LogP contribution in [0.25, 0.3) is 0 Å². The summed E-state index contributed by atoms with van der Waals surface area (Å²) in [7, 11) is 1.52. The Hall–Kier alpha value is -2.51. The number of halogens is 1. The van der Waals surface area contributed by atoms with Gasteiger partial charge in [-0.3, -0.25) is 0 Å². The summed E-state index contributed by atoms with van der Waals surface area (Å²) in [5, 5.41) is 24.5. The number of hydrogen-bond donors (Lipinski definition) is 1. The molecule has 0 amide bonds. The van der Waals surface area contributed by atoms with Crippen LogP contribution in [0.3, 0.4) is 0 Å². The number of methoxy groups -OCH3 is 1. The number of benzene rings is 2. The van der Waals surface area contributed by atoms with Crippen molar-refractivity contribution < 1.29 is 9.84 Å². The summed E-state index contributed by atoms with van der Waals surface area (Å²) >= 11 is 7.50. The molecule has 0 spiro atoms. The Bertz CT molecular complexity index is 957. The Labute approximate surface area is 173 Å². The average Bonchev–Trinajstić information content (AvgIpc) is 3.08. The Kier molecular flexibility index (Phi) is 6.95. The summed E-state index contributed by atoms with van der Waals surface area (Å²) in [6.07, 6.45) is 3.40. The van der Waals surface area contributed by atoms with E-state index in [1.54, 1.807) is 34.8 Å². The van der Waals surface area contributed by atoms with Gasteiger partial charge in [0.1, 0.15) is 0 Å². The lowest BCUT2D eigenvalue weighted by atomic mass is 10.2. The standard InChI is InChI=1S/C20H21ClN4O2S/c1-3-4-19-23-24-20(28-13-14-5-8-16(21)9-6-14)25(19)22-12-15-7-10-18(27-2)17(26)11-15/h5-12,26H,3-4,13H2,1-2H3/b22-12+. The van der Waals surface area contributed by atoms with Crippen LogP contribution < -0.4 is 4.74 Å². The SMILES string of the molecule is CCCc1nnc(SCc2ccc(Cl)cc2)n1/N=C/c1ccc(OC)c(O)c1. The predicted octanol–water partition coefficient (Wildman–Crippen LogP) is 4.77. The third-order valence-electron chi connectivity index (χ3n) is 3.96. The minimum absolute atomic E-state index is 0.0707. The molecule has 0 radical (unpaired) electrons. The summed E-state index contributed by atoms with van der Waals surface area (Å²) < 4.78 is 6.83. The highest BCUT2D eigenvalue weighted by molar-refractivity contribution is 7.98. The summed E-state index contributed by atoms with van der Waals surface area (Å²) in [6, 6.07) is 12.9. The van der Waals surface area contributed by atoms with Crippen molar-refractivity contribution in [3.8, 4) is 11.5 Å². The van der Waals surface area contributed by atoms with Gasteiger partial charge >= 0.3 is 0 Å². The molecule has 146 valence electrons. The van der Waals surface area contributed by atoms with Crippen LogP contribution in [0.4, 0.5) is 0 Å². The molecule has 1 N–H and O–H groups in total. The zero-order chi connectivity index (χ0) is 19.9. The number of aromatic hydroxyl groups is 1. The van der Waals surface area contributed by atoms with E-state index in [-0.39, 0.29) is 5.75 Å². The first-order valence-corrected chi connectivity index (χ1v) is 10.2. The van der Waals surface area contributed by atoms with Crippen molar-refractivity contribution in [2.24, 2.45) is 5.10 Å². The van der Waals surface area contributed by atoms with Crippen LogP contribution in [0.15, 0.2) is 52.7 Å². The molecule has 0 bridgehead atoms. The van der Waals surface area contributed by atoms with Gasteiger partial charge in [0.05, 0.1) is 13.3 Å². The monoisotopic (exact) mass is 416 g/mol. The summed E-state index contributed by atoms with van der Waals surface area (Å²) in [5.74, 6) is 2.03. The van der Waals surface area contributed by atoms with E-state index in [2.05, 4.69) is 22.2 Å². The van der Waals surface area contributed by atoms with Gasteiger partial charge in [-0.15, -0.1) is 10.2 Å². The molecule has 8 heteroatoms. The van der Waals surface area contributed by atoms with E-state index in [0.29, 0.717) is 10.9 Å². The predicted molar refractivity (Wildman–Crippen MR) is 113 cm³/mol. The Morgan fingerprint density at radius 1 is 1.21 bits per heavy atom. The van der Waals surface area contributed by atoms with Crippen LogP contribution in [0.5, 0.6) is 11.5 Å². The van der Waals surface area contributed by atoms with Gasteiger partial charge in [0.2, 0.25) is 5.16 Å². The molecule has 3 aromatic rings. The van der Waals surface area contributed by atoms with Crippen LogP contribution in [0.2, 0.25) is 5.02 Å². The molecule has 0 saturated heterocycles. The summed E-state index contributed by atoms with van der Waals surface area (Å²) in [4.78, 5) is 0. The van der Waals surface area contributed by atoms with Gasteiger partial charge in [-0.05, 0) is 47.9 Å². The number of rotatable bonds is 8. The number of thioether (sulfide) groups is 1. The van der Waals surface area contributed by atoms with Gasteiger partial charge in [-0.25, -0.2) is 0 Å². The zero-order valence-electron chi connectivity index (χ0n) is 15.7. The highest BCUT2D eigenvalue weighted by Gasteiger charge is 2.12. The van der Waals surface area contributed by atoms with Gasteiger partial charge in [-0.2, -0.15) is 9.78 Å². The van der Waals surface area contributed by atoms with Crippen LogP contribution in [0.1, 0.15) is 30.3 Å². The van der Waals surface area contributed by atoms with Crippen LogP contribution in [-0.4, -0.2) is 33.3 Å². The molecule has 6 nitrogen and oxygen atoms in total. The second-order valence-corrected chi connectivity index (χ2v) is 7.43. The summed E-state index contributed by atoms with van der Waals surface area (Å²) in [6.45, 7) is 2.09. The Morgan fingerprint density at radius 2 is 2.00 bits per heavy atom. The van der Waals surface area contributed by atoms with Crippen molar-refractivity contribution in [3.63, 3.8) is 0 Å². The minimum Gasteiger partial charge on any atom is -0.504 e. The van der Waals surface area contributed by atoms with E-state index in [1.807, 2.05) is 30.3 Å². The fraction of sp³-hybridized carbons (Fsp3) is 0.250. The minimum atomic E-state index is 0.0707. The molecule has 0 unspecified atom stereocenters. The zero-order valence-corrected chi connectivity index (χ0v) is 17.2. The lowest BCUT2D eigenvalue weighted by Crippen LogP contribution is -2.00. The van der Waals surface area contributed by atoms with Crippen LogP contribution in [0, 0.1) is 0 Å². The number of ether oxygens (including phenoxy) is 1. The van der Waals surface area contributed by atoms with Crippen molar-refractivity contribution in [1.82, 2.24) is 14.9 Å². The number of phenolic OH excluding ortho intramolecular Hbond substituents is 1. The Balaban J connectivity index is 1.80. The summed E-state index contributed by atoms with van der Waals surface area (Å²) in [5.41, 5.74) is 1.90. The molecule has 1 aromatic heterocycles. The third-order valence-corrected chi connectivity index (χ3v) is 5.20. The van der Waals surface area contributed by atoms with Crippen molar-refractivity contribution in [1.29, 1.82) is 0 Å². The lowest BCUT2D eigenvalue weighted by Gasteiger charge is -2.05. The fourth-order valence-electron chi connectivity index (χ4n) is 2.52. The molecular formula is C20H21ClN4O2S. The van der Waals surface area contributed by atoms with Gasteiger partial charge in [0.15, 0.2) is 17.3 Å².